The topological polar surface area (TPSA) is 99.7 Å². The zero-order valence-corrected chi connectivity index (χ0v) is 14.6. The minimum atomic E-state index is -4.50. The van der Waals surface area contributed by atoms with Gasteiger partial charge in [0.1, 0.15) is 22.3 Å². The van der Waals surface area contributed by atoms with Crippen LogP contribution in [0.25, 0.3) is 0 Å². The van der Waals surface area contributed by atoms with Gasteiger partial charge >= 0.3 is 6.18 Å². The minimum Gasteiger partial charge on any atom is -0.369 e. The third kappa shape index (κ3) is 3.22. The lowest BCUT2D eigenvalue weighted by Crippen LogP contribution is -2.37. The van der Waals surface area contributed by atoms with Crippen molar-refractivity contribution in [3.05, 3.63) is 23.1 Å². The zero-order valence-electron chi connectivity index (χ0n) is 13.8. The lowest BCUT2D eigenvalue weighted by Gasteiger charge is -2.21. The molecule has 2 atom stereocenters. The molecule has 138 valence electrons. The number of nitrogens with one attached hydrogen (secondary N) is 1. The van der Waals surface area contributed by atoms with Gasteiger partial charge in [0.2, 0.25) is 0 Å². The summed E-state index contributed by atoms with van der Waals surface area (Å²) in [5.41, 5.74) is 0.782. The van der Waals surface area contributed by atoms with E-state index in [0.29, 0.717) is 5.69 Å². The highest BCUT2D eigenvalue weighted by Gasteiger charge is 2.51. The molecule has 0 radical (unpaired) electrons. The van der Waals surface area contributed by atoms with E-state index in [1.165, 1.54) is 17.9 Å². The van der Waals surface area contributed by atoms with E-state index in [-0.39, 0.29) is 22.8 Å². The molecule has 3 heterocycles. The Morgan fingerprint density at radius 1 is 1.46 bits per heavy atom. The molecule has 12 heteroatoms. The fourth-order valence-electron chi connectivity index (χ4n) is 2.86. The van der Waals surface area contributed by atoms with E-state index in [2.05, 4.69) is 20.0 Å². The average molecular weight is 385 g/mol. The molecule has 8 nitrogen and oxygen atoms in total. The Balaban J connectivity index is 1.85. The number of alkyl halides is 3. The number of nitrogens with zero attached hydrogens (tertiary/aromatic N) is 6. The number of halogens is 3. The standard InChI is InChI=1S/C14H14F3N7OS/c1-7-8(3-18)12(26-21-7)20-10-6-24(5-9(10)14(15,16)17)13(25)11-4-19-22-23(11)2/h4,9-10,20H,5-6H2,1-2H3/t9-,10-/m1/s1. The first-order chi connectivity index (χ1) is 12.2. The van der Waals surface area contributed by atoms with Crippen LogP contribution in [0.15, 0.2) is 6.20 Å². The van der Waals surface area contributed by atoms with Gasteiger partial charge in [-0.1, -0.05) is 5.21 Å². The summed E-state index contributed by atoms with van der Waals surface area (Å²) in [6.45, 7) is 0.974. The Bertz CT molecular complexity index is 869. The largest absolute Gasteiger partial charge is 0.395 e. The number of rotatable bonds is 3. The molecule has 2 aromatic rings. The van der Waals surface area contributed by atoms with Gasteiger partial charge in [-0.25, -0.2) is 4.68 Å². The average Bonchev–Trinajstić information content (AvgIpc) is 3.26. The van der Waals surface area contributed by atoms with Crippen LogP contribution < -0.4 is 5.32 Å². The predicted molar refractivity (Wildman–Crippen MR) is 85.4 cm³/mol. The van der Waals surface area contributed by atoms with Gasteiger partial charge in [-0.3, -0.25) is 4.79 Å². The quantitative estimate of drug-likeness (QED) is 0.861. The number of nitriles is 1. The van der Waals surface area contributed by atoms with Crippen molar-refractivity contribution in [1.82, 2.24) is 24.3 Å². The smallest absolute Gasteiger partial charge is 0.369 e. The normalized spacial score (nSPS) is 20.2. The molecule has 3 rings (SSSR count). The molecule has 1 amide bonds. The summed E-state index contributed by atoms with van der Waals surface area (Å²) < 4.78 is 45.6. The summed E-state index contributed by atoms with van der Waals surface area (Å²) in [5.74, 6) is -2.33. The van der Waals surface area contributed by atoms with Gasteiger partial charge in [0.25, 0.3) is 5.91 Å². The molecule has 1 aliphatic heterocycles. The van der Waals surface area contributed by atoms with E-state index in [9.17, 15) is 18.0 Å². The fourth-order valence-corrected chi connectivity index (χ4v) is 3.67. The van der Waals surface area contributed by atoms with Crippen LogP contribution in [0.4, 0.5) is 18.2 Å². The highest BCUT2D eigenvalue weighted by Crippen LogP contribution is 2.37. The van der Waals surface area contributed by atoms with E-state index in [1.54, 1.807) is 6.92 Å². The van der Waals surface area contributed by atoms with E-state index in [4.69, 9.17) is 5.26 Å². The summed E-state index contributed by atoms with van der Waals surface area (Å²) in [6, 6.07) is 0.862. The molecule has 1 fully saturated rings. The third-order valence-electron chi connectivity index (χ3n) is 4.25. The second-order valence-corrected chi connectivity index (χ2v) is 6.71. The van der Waals surface area contributed by atoms with Gasteiger partial charge in [0.15, 0.2) is 0 Å². The molecule has 0 spiro atoms. The van der Waals surface area contributed by atoms with Crippen molar-refractivity contribution >= 4 is 22.4 Å². The molecule has 1 N–H and O–H groups in total. The third-order valence-corrected chi connectivity index (χ3v) is 5.12. The number of carbonyl (C=O) groups is 1. The summed E-state index contributed by atoms with van der Waals surface area (Å²) >= 11 is 0.932. The van der Waals surface area contributed by atoms with Crippen molar-refractivity contribution in [2.24, 2.45) is 13.0 Å². The van der Waals surface area contributed by atoms with Crippen LogP contribution in [0, 0.1) is 24.2 Å². The number of hydrogen-bond donors (Lipinski definition) is 1. The second kappa shape index (κ2) is 6.56. The number of carbonyl (C=O) groups excluding carboxylic acids is 1. The van der Waals surface area contributed by atoms with Gasteiger partial charge < -0.3 is 10.2 Å². The van der Waals surface area contributed by atoms with Crippen molar-refractivity contribution in [3.8, 4) is 6.07 Å². The molecule has 1 saturated heterocycles. The van der Waals surface area contributed by atoms with E-state index in [0.717, 1.165) is 16.4 Å². The van der Waals surface area contributed by atoms with Crippen molar-refractivity contribution in [3.63, 3.8) is 0 Å². The van der Waals surface area contributed by atoms with Crippen molar-refractivity contribution in [2.75, 3.05) is 18.4 Å². The van der Waals surface area contributed by atoms with E-state index >= 15 is 0 Å². The molecule has 1 aliphatic rings. The van der Waals surface area contributed by atoms with Crippen LogP contribution in [-0.2, 0) is 7.05 Å². The maximum atomic E-state index is 13.5. The molecular formula is C14H14F3N7OS. The first kappa shape index (κ1) is 18.1. The maximum absolute atomic E-state index is 13.5. The first-order valence-corrected chi connectivity index (χ1v) is 8.33. The number of aromatic nitrogens is 4. The number of aryl methyl sites for hydroxylation is 2. The molecular weight excluding hydrogens is 371 g/mol. The number of likely N-dealkylation sites (tertiary alicyclic amines) is 1. The molecule has 0 aromatic carbocycles. The summed E-state index contributed by atoms with van der Waals surface area (Å²) in [5, 5.41) is 19.4. The van der Waals surface area contributed by atoms with Crippen LogP contribution in [0.3, 0.4) is 0 Å². The van der Waals surface area contributed by atoms with Gasteiger partial charge in [-0.15, -0.1) is 5.10 Å². The predicted octanol–water partition coefficient (Wildman–Crippen LogP) is 1.57. The summed E-state index contributed by atoms with van der Waals surface area (Å²) in [6.07, 6.45) is -3.28. The first-order valence-electron chi connectivity index (χ1n) is 7.56. The fraction of sp³-hybridized carbons (Fsp3) is 0.500. The highest BCUT2D eigenvalue weighted by atomic mass is 32.1. The molecule has 0 unspecified atom stereocenters. The zero-order chi connectivity index (χ0) is 19.1. The molecule has 0 aliphatic carbocycles. The minimum absolute atomic E-state index is 0.109. The monoisotopic (exact) mass is 385 g/mol. The number of amides is 1. The van der Waals surface area contributed by atoms with Crippen LogP contribution in [0.2, 0.25) is 0 Å². The summed E-state index contributed by atoms with van der Waals surface area (Å²) in [7, 11) is 1.49. The lowest BCUT2D eigenvalue weighted by atomic mass is 10.0. The Morgan fingerprint density at radius 3 is 2.77 bits per heavy atom. The van der Waals surface area contributed by atoms with Gasteiger partial charge in [-0.05, 0) is 18.5 Å². The Morgan fingerprint density at radius 2 is 2.19 bits per heavy atom. The maximum Gasteiger partial charge on any atom is 0.395 e. The summed E-state index contributed by atoms with van der Waals surface area (Å²) in [4.78, 5) is 13.6. The Kier molecular flexibility index (Phi) is 4.57. The molecule has 2 aromatic heterocycles. The number of anilines is 1. The van der Waals surface area contributed by atoms with Crippen LogP contribution in [0.1, 0.15) is 21.7 Å². The molecule has 0 bridgehead atoms. The van der Waals surface area contributed by atoms with Gasteiger partial charge in [-0.2, -0.15) is 22.8 Å². The van der Waals surface area contributed by atoms with Crippen LogP contribution in [-0.4, -0.2) is 55.5 Å². The SMILES string of the molecule is Cc1nsc(N[C@@H]2CN(C(=O)c3cnnn3C)C[C@H]2C(F)(F)F)c1C#N. The Labute approximate surface area is 150 Å². The van der Waals surface area contributed by atoms with Crippen molar-refractivity contribution in [2.45, 2.75) is 19.1 Å². The van der Waals surface area contributed by atoms with Gasteiger partial charge in [0, 0.05) is 20.1 Å². The van der Waals surface area contributed by atoms with E-state index < -0.39 is 30.6 Å². The molecule has 26 heavy (non-hydrogen) atoms. The Hall–Kier alpha value is -2.68. The second-order valence-electron chi connectivity index (χ2n) is 5.94. The number of hydrogen-bond acceptors (Lipinski definition) is 7. The van der Waals surface area contributed by atoms with Crippen LogP contribution >= 0.6 is 11.5 Å². The van der Waals surface area contributed by atoms with E-state index in [1.807, 2.05) is 6.07 Å². The van der Waals surface area contributed by atoms with Crippen LogP contribution in [0.5, 0.6) is 0 Å². The molecule has 0 saturated carbocycles. The van der Waals surface area contributed by atoms with Crippen molar-refractivity contribution in [1.29, 1.82) is 5.26 Å². The van der Waals surface area contributed by atoms with Gasteiger partial charge in [0.05, 0.1) is 23.9 Å². The highest BCUT2D eigenvalue weighted by molar-refractivity contribution is 7.10. The lowest BCUT2D eigenvalue weighted by molar-refractivity contribution is -0.171. The van der Waals surface area contributed by atoms with Crippen molar-refractivity contribution < 1.29 is 18.0 Å².